The topological polar surface area (TPSA) is 383 Å². The Kier molecular flexibility index (Phi) is 21.7. The molecule has 92 heavy (non-hydrogen) atoms. The van der Waals surface area contributed by atoms with Crippen LogP contribution in [-0.2, 0) is 47.5 Å². The quantitative estimate of drug-likeness (QED) is 0.00641. The largest absolute Gasteiger partial charge is 0.524 e. The molecule has 11 N–H and O–H groups in total. The molecule has 5 aromatic carbocycles. The number of urea groups is 1. The number of phosphoric acid groups is 2. The molecule has 30 heteroatoms. The molecule has 3 aliphatic heterocycles. The van der Waals surface area contributed by atoms with Gasteiger partial charge in [0.1, 0.15) is 23.0 Å². The van der Waals surface area contributed by atoms with Gasteiger partial charge in [-0.05, 0) is 96.2 Å². The maximum absolute atomic E-state index is 14.3. The van der Waals surface area contributed by atoms with Gasteiger partial charge in [-0.2, -0.15) is 0 Å². The van der Waals surface area contributed by atoms with Crippen molar-refractivity contribution in [3.05, 3.63) is 125 Å². The molecule has 0 saturated heterocycles. The fourth-order valence-corrected chi connectivity index (χ4v) is 13.1. The number of benzene rings is 5. The molecule has 3 heterocycles. The van der Waals surface area contributed by atoms with E-state index in [1.807, 2.05) is 0 Å². The van der Waals surface area contributed by atoms with Crippen molar-refractivity contribution in [2.45, 2.75) is 75.7 Å². The molecule has 0 bridgehead atoms. The summed E-state index contributed by atoms with van der Waals surface area (Å²) in [6.07, 6.45) is 10.2. The Labute approximate surface area is 537 Å². The molecule has 486 valence electrons. The molecule has 26 nitrogen and oxygen atoms in total. The third kappa shape index (κ3) is 16.1. The molecule has 10 amide bonds. The second-order valence-electron chi connectivity index (χ2n) is 22.4. The van der Waals surface area contributed by atoms with Gasteiger partial charge in [-0.25, -0.2) is 13.9 Å². The van der Waals surface area contributed by atoms with E-state index in [-0.39, 0.29) is 124 Å². The molecule has 1 saturated carbocycles. The highest BCUT2D eigenvalue weighted by Crippen LogP contribution is 2.51. The van der Waals surface area contributed by atoms with E-state index in [0.717, 1.165) is 4.90 Å². The lowest BCUT2D eigenvalue weighted by atomic mass is 9.67. The van der Waals surface area contributed by atoms with Crippen molar-refractivity contribution in [3.8, 4) is 11.5 Å². The molecule has 2 unspecified atom stereocenters. The van der Waals surface area contributed by atoms with Crippen LogP contribution < -0.4 is 51.2 Å². The Balaban J connectivity index is 0.923. The van der Waals surface area contributed by atoms with Crippen LogP contribution in [0.5, 0.6) is 11.5 Å². The van der Waals surface area contributed by atoms with Crippen molar-refractivity contribution in [1.82, 2.24) is 26.2 Å². The average Bonchev–Trinajstić information content (AvgIpc) is 1.56. The molecule has 1 fully saturated rings. The number of fused-ring (bicyclic) bond motifs is 6. The lowest BCUT2D eigenvalue weighted by Gasteiger charge is -2.39. The maximum Gasteiger partial charge on any atom is 0.524 e. The molecule has 4 aliphatic rings. The Hall–Kier alpha value is -8.45. The zero-order chi connectivity index (χ0) is 66.1. The van der Waals surface area contributed by atoms with Crippen molar-refractivity contribution in [3.63, 3.8) is 0 Å². The summed E-state index contributed by atoms with van der Waals surface area (Å²) in [4.78, 5) is 162. The van der Waals surface area contributed by atoms with Crippen LogP contribution in [0.15, 0.2) is 103 Å². The Morgan fingerprint density at radius 2 is 1.21 bits per heavy atom. The van der Waals surface area contributed by atoms with E-state index >= 15 is 0 Å². The van der Waals surface area contributed by atoms with E-state index in [2.05, 4.69) is 26.6 Å². The Bertz CT molecular complexity index is 3940. The van der Waals surface area contributed by atoms with Crippen LogP contribution in [0.25, 0.3) is 33.7 Å². The van der Waals surface area contributed by atoms with Crippen LogP contribution in [0.1, 0.15) is 91.9 Å². The second-order valence-corrected chi connectivity index (χ2v) is 25.4. The molecule has 5 aromatic rings. The number of anilines is 3. The summed E-state index contributed by atoms with van der Waals surface area (Å²) in [6, 6.07) is 18.9. The normalized spacial score (nSPS) is 17.0. The highest BCUT2D eigenvalue weighted by atomic mass is 35.5. The molecule has 0 spiro atoms. The minimum Gasteiger partial charge on any atom is -0.404 e. The highest BCUT2D eigenvalue weighted by Gasteiger charge is 2.51. The number of nitrogens with one attached hydrogen (secondary N) is 5. The van der Waals surface area contributed by atoms with Gasteiger partial charge in [-0.15, -0.1) is 23.2 Å². The number of alkyl halides is 2. The zero-order valence-corrected chi connectivity index (χ0v) is 52.7. The molecular formula is C62H67Cl2N9O17P2. The lowest BCUT2D eigenvalue weighted by Crippen LogP contribution is -2.59. The first-order chi connectivity index (χ1) is 43.9. The molecule has 0 radical (unpaired) electrons. The number of nitrogens with zero attached hydrogens (tertiary/aromatic N) is 3. The van der Waals surface area contributed by atoms with E-state index < -0.39 is 74.5 Å². The number of phosphoric ester groups is 2. The number of amides is 10. The molecule has 1 aliphatic carbocycles. The van der Waals surface area contributed by atoms with E-state index in [1.54, 1.807) is 60.7 Å². The van der Waals surface area contributed by atoms with E-state index in [0.29, 0.717) is 75.3 Å². The van der Waals surface area contributed by atoms with Gasteiger partial charge in [-0.3, -0.25) is 62.8 Å². The number of carbonyl (C=O) groups excluding carboxylic acids is 9. The fraction of sp³-hybridized carbons (Fsp3) is 0.339. The summed E-state index contributed by atoms with van der Waals surface area (Å²) in [6.45, 7) is 0.412. The third-order valence-corrected chi connectivity index (χ3v) is 17.9. The Morgan fingerprint density at radius 1 is 0.663 bits per heavy atom. The Morgan fingerprint density at radius 3 is 1.73 bits per heavy atom. The number of carbonyl (C=O) groups is 9. The number of primary amides is 1. The van der Waals surface area contributed by atoms with E-state index in [9.17, 15) is 71.9 Å². The van der Waals surface area contributed by atoms with Gasteiger partial charge in [0, 0.05) is 122 Å². The van der Waals surface area contributed by atoms with Crippen LogP contribution in [0.2, 0.25) is 0 Å². The van der Waals surface area contributed by atoms with Gasteiger partial charge >= 0.3 is 21.7 Å². The number of hydrogen-bond acceptors (Lipinski definition) is 13. The first kappa shape index (κ1) is 67.9. The van der Waals surface area contributed by atoms with Gasteiger partial charge in [0.25, 0.3) is 23.6 Å². The molecule has 0 aromatic heterocycles. The standard InChI is InChI=1S/C62H67Cl2N9O17P2/c63-33-39-35-72(47-31-49(89-91(83,84)85)41-10-2-4-12-43(41)56(39)47)54(77)19-16-37-15-17-38(18-20-55(78)73-36-40(34-64)57-44-13-5-3-11-42(44)50(32-48(57)73)90-92(86,87)88)46(30-37)69-51(74)23-28-66-58(79)45(14-8-27-68-61(65)82)70-60(81)62(24-9-25-62)59(80)67-26-6-1-7-29-71-52(75)21-22-53(71)76/h2-5,10-13,15-22,30-32,39-40,45H,1,6-9,14,23-29,33-36H2,(H,66,79)(H,67,80)(H,69,74)(H,70,81)(H3,65,68,82)(H2,83,84,85)(H2,86,87,88)/b19-16+,20-18+/t39-,40?,45?/m1/s1. The second kappa shape index (κ2) is 29.4. The summed E-state index contributed by atoms with van der Waals surface area (Å²) in [5.74, 6) is -5.36. The van der Waals surface area contributed by atoms with Gasteiger partial charge < -0.3 is 51.2 Å². The first-order valence-corrected chi connectivity index (χ1v) is 33.6. The van der Waals surface area contributed by atoms with Crippen LogP contribution in [0.3, 0.4) is 0 Å². The summed E-state index contributed by atoms with van der Waals surface area (Å²) in [5.41, 5.74) is 6.53. The first-order valence-electron chi connectivity index (χ1n) is 29.5. The zero-order valence-electron chi connectivity index (χ0n) is 49.4. The maximum atomic E-state index is 14.3. The van der Waals surface area contributed by atoms with E-state index in [4.69, 9.17) is 38.0 Å². The van der Waals surface area contributed by atoms with E-state index in [1.165, 1.54) is 64.5 Å². The van der Waals surface area contributed by atoms with Crippen molar-refractivity contribution >= 4 is 143 Å². The predicted molar refractivity (Wildman–Crippen MR) is 343 cm³/mol. The smallest absolute Gasteiger partial charge is 0.404 e. The van der Waals surface area contributed by atoms with Crippen LogP contribution in [-0.4, -0.2) is 135 Å². The molecule has 3 atom stereocenters. The van der Waals surface area contributed by atoms with Gasteiger partial charge in [0.05, 0.1) is 11.4 Å². The number of rotatable bonds is 28. The summed E-state index contributed by atoms with van der Waals surface area (Å²) >= 11 is 12.9. The number of unbranched alkanes of at least 4 members (excludes halogenated alkanes) is 2. The summed E-state index contributed by atoms with van der Waals surface area (Å²) < 4.78 is 34.4. The fourth-order valence-electron chi connectivity index (χ4n) is 11.7. The van der Waals surface area contributed by atoms with Gasteiger partial charge in [0.15, 0.2) is 0 Å². The average molecular weight is 1340 g/mol. The summed E-state index contributed by atoms with van der Waals surface area (Å²) in [5, 5.41) is 15.4. The van der Waals surface area contributed by atoms with Gasteiger partial charge in [0.2, 0.25) is 23.6 Å². The van der Waals surface area contributed by atoms with Crippen LogP contribution in [0.4, 0.5) is 21.9 Å². The molecule has 9 rings (SSSR count). The summed E-state index contributed by atoms with van der Waals surface area (Å²) in [7, 11) is -10.1. The SMILES string of the molecule is NC(=O)NCCCC(NC(=O)C1(C(=O)NCCCCCN2C(=O)C=CC2=O)CCC1)C(=O)NCCC(=O)Nc1cc(/C=C/C(=O)N2C[C@@H](CCl)c3c2cc(OP(=O)(O)O)c2ccccc32)ccc1/C=C/C(=O)N1CC(CCl)c2c1cc(OP(=O)(O)O)c1ccccc21. The van der Waals surface area contributed by atoms with Crippen LogP contribution in [0, 0.1) is 5.41 Å². The van der Waals surface area contributed by atoms with Crippen molar-refractivity contribution in [2.24, 2.45) is 11.1 Å². The highest BCUT2D eigenvalue weighted by molar-refractivity contribution is 7.47. The lowest BCUT2D eigenvalue weighted by molar-refractivity contribution is -0.151. The molecular weight excluding hydrogens is 1280 g/mol. The van der Waals surface area contributed by atoms with Crippen molar-refractivity contribution < 1.29 is 80.9 Å². The minimum absolute atomic E-state index is 0.00840. The minimum atomic E-state index is -5.07. The predicted octanol–water partition coefficient (Wildman–Crippen LogP) is 6.46. The number of halogens is 2. The van der Waals surface area contributed by atoms with Crippen molar-refractivity contribution in [1.29, 1.82) is 0 Å². The number of hydrogen-bond donors (Lipinski definition) is 10. The monoisotopic (exact) mass is 1340 g/mol. The van der Waals surface area contributed by atoms with Crippen molar-refractivity contribution in [2.75, 3.05) is 66.1 Å². The number of nitrogens with two attached hydrogens (primary N) is 1. The van der Waals surface area contributed by atoms with Gasteiger partial charge in [-0.1, -0.05) is 67.1 Å². The number of imide groups is 1. The third-order valence-electron chi connectivity index (χ3n) is 16.3. The van der Waals surface area contributed by atoms with Crippen LogP contribution >= 0.6 is 38.8 Å².